The first-order valence-corrected chi connectivity index (χ1v) is 8.17. The Morgan fingerprint density at radius 2 is 2.20 bits per heavy atom. The Morgan fingerprint density at radius 3 is 2.80 bits per heavy atom. The monoisotopic (exact) mass is 340 g/mol. The summed E-state index contributed by atoms with van der Waals surface area (Å²) in [4.78, 5) is 2.52. The van der Waals surface area contributed by atoms with E-state index < -0.39 is 0 Å². The van der Waals surface area contributed by atoms with E-state index in [1.165, 1.54) is 5.69 Å². The van der Waals surface area contributed by atoms with Gasteiger partial charge >= 0.3 is 0 Å². The number of ether oxygens (including phenoxy) is 1. The van der Waals surface area contributed by atoms with Crippen LogP contribution in [0.15, 0.2) is 22.7 Å². The van der Waals surface area contributed by atoms with E-state index in [2.05, 4.69) is 59.1 Å². The molecule has 1 saturated heterocycles. The minimum atomic E-state index is 0.175. The summed E-state index contributed by atoms with van der Waals surface area (Å²) in [7, 11) is 1.72. The van der Waals surface area contributed by atoms with Gasteiger partial charge in [0.05, 0.1) is 12.8 Å². The lowest BCUT2D eigenvalue weighted by molar-refractivity contribution is 0.275. The zero-order valence-corrected chi connectivity index (χ0v) is 14.5. The molecule has 1 aromatic rings. The molecule has 1 fully saturated rings. The standard InChI is InChI=1S/C16H25BrN2O/c1-5-12-10-18-16(3,6-2)11-19(12)15-9-13(20-4)7-8-14(15)17/h7-9,12,18H,5-6,10-11H2,1-4H3. The Labute approximate surface area is 130 Å². The summed E-state index contributed by atoms with van der Waals surface area (Å²) >= 11 is 3.69. The molecular formula is C16H25BrN2O. The number of halogens is 1. The zero-order chi connectivity index (χ0) is 14.8. The Morgan fingerprint density at radius 1 is 1.45 bits per heavy atom. The third kappa shape index (κ3) is 3.12. The van der Waals surface area contributed by atoms with Gasteiger partial charge in [0.25, 0.3) is 0 Å². The first-order valence-electron chi connectivity index (χ1n) is 7.38. The molecule has 2 atom stereocenters. The van der Waals surface area contributed by atoms with Gasteiger partial charge in [0.15, 0.2) is 0 Å². The van der Waals surface area contributed by atoms with Crippen LogP contribution in [0.2, 0.25) is 0 Å². The van der Waals surface area contributed by atoms with Gasteiger partial charge < -0.3 is 15.0 Å². The van der Waals surface area contributed by atoms with Crippen LogP contribution in [-0.2, 0) is 0 Å². The molecule has 1 aliphatic rings. The molecule has 1 heterocycles. The molecule has 3 nitrogen and oxygen atoms in total. The molecule has 2 rings (SSSR count). The number of nitrogens with zero attached hydrogens (tertiary/aromatic N) is 1. The maximum absolute atomic E-state index is 5.38. The first kappa shape index (κ1) is 15.6. The number of hydrogen-bond acceptors (Lipinski definition) is 3. The summed E-state index contributed by atoms with van der Waals surface area (Å²) in [6, 6.07) is 6.73. The van der Waals surface area contributed by atoms with Crippen molar-refractivity contribution >= 4 is 21.6 Å². The van der Waals surface area contributed by atoms with Crippen LogP contribution in [0, 0.1) is 0 Å². The quantitative estimate of drug-likeness (QED) is 0.901. The molecule has 1 N–H and O–H groups in total. The van der Waals surface area contributed by atoms with Gasteiger partial charge in [-0.05, 0) is 47.8 Å². The number of piperazine rings is 1. The highest BCUT2D eigenvalue weighted by Gasteiger charge is 2.34. The summed E-state index contributed by atoms with van der Waals surface area (Å²) in [5.74, 6) is 0.912. The van der Waals surface area contributed by atoms with Gasteiger partial charge in [-0.25, -0.2) is 0 Å². The highest BCUT2D eigenvalue weighted by Crippen LogP contribution is 2.35. The number of nitrogens with one attached hydrogen (secondary N) is 1. The molecule has 1 aromatic carbocycles. The highest BCUT2D eigenvalue weighted by atomic mass is 79.9. The SMILES string of the molecule is CCC1CNC(C)(CC)CN1c1cc(OC)ccc1Br. The normalized spacial score (nSPS) is 26.6. The molecule has 112 valence electrons. The van der Waals surface area contributed by atoms with Crippen LogP contribution < -0.4 is 15.0 Å². The van der Waals surface area contributed by atoms with E-state index in [4.69, 9.17) is 4.74 Å². The molecule has 4 heteroatoms. The van der Waals surface area contributed by atoms with Crippen LogP contribution in [0.3, 0.4) is 0 Å². The van der Waals surface area contributed by atoms with E-state index in [0.29, 0.717) is 6.04 Å². The molecule has 1 aliphatic heterocycles. The van der Waals surface area contributed by atoms with Gasteiger partial charge in [-0.3, -0.25) is 0 Å². The van der Waals surface area contributed by atoms with Crippen LogP contribution in [0.25, 0.3) is 0 Å². The topological polar surface area (TPSA) is 24.5 Å². The molecule has 2 unspecified atom stereocenters. The third-order valence-corrected chi connectivity index (χ3v) is 5.11. The van der Waals surface area contributed by atoms with E-state index >= 15 is 0 Å². The third-order valence-electron chi connectivity index (χ3n) is 4.44. The lowest BCUT2D eigenvalue weighted by Crippen LogP contribution is -2.62. The van der Waals surface area contributed by atoms with Crippen molar-refractivity contribution in [2.45, 2.75) is 45.2 Å². The zero-order valence-electron chi connectivity index (χ0n) is 12.9. The fraction of sp³-hybridized carbons (Fsp3) is 0.625. The van der Waals surface area contributed by atoms with Crippen LogP contribution >= 0.6 is 15.9 Å². The number of methoxy groups -OCH3 is 1. The lowest BCUT2D eigenvalue weighted by Gasteiger charge is -2.47. The number of anilines is 1. The molecule has 20 heavy (non-hydrogen) atoms. The first-order chi connectivity index (χ1) is 9.53. The molecule has 0 spiro atoms. The predicted molar refractivity (Wildman–Crippen MR) is 88.8 cm³/mol. The number of rotatable bonds is 4. The second-order valence-electron chi connectivity index (χ2n) is 5.80. The Balaban J connectivity index is 2.35. The number of hydrogen-bond donors (Lipinski definition) is 1. The fourth-order valence-corrected chi connectivity index (χ4v) is 3.23. The van der Waals surface area contributed by atoms with Crippen molar-refractivity contribution in [3.63, 3.8) is 0 Å². The number of benzene rings is 1. The average Bonchev–Trinajstić information content (AvgIpc) is 2.48. The summed E-state index contributed by atoms with van der Waals surface area (Å²) in [6.45, 7) is 8.86. The molecule has 0 saturated carbocycles. The summed E-state index contributed by atoms with van der Waals surface area (Å²) in [5, 5.41) is 3.71. The summed E-state index contributed by atoms with van der Waals surface area (Å²) in [6.07, 6.45) is 2.26. The van der Waals surface area contributed by atoms with Gasteiger partial charge in [-0.1, -0.05) is 13.8 Å². The molecule has 0 bridgehead atoms. The van der Waals surface area contributed by atoms with Gasteiger partial charge in [-0.15, -0.1) is 0 Å². The maximum atomic E-state index is 5.38. The van der Waals surface area contributed by atoms with E-state index in [9.17, 15) is 0 Å². The highest BCUT2D eigenvalue weighted by molar-refractivity contribution is 9.10. The van der Waals surface area contributed by atoms with Crippen molar-refractivity contribution in [1.82, 2.24) is 5.32 Å². The molecule has 0 radical (unpaired) electrons. The predicted octanol–water partition coefficient (Wildman–Crippen LogP) is 3.81. The summed E-state index contributed by atoms with van der Waals surface area (Å²) < 4.78 is 6.52. The van der Waals surface area contributed by atoms with Crippen molar-refractivity contribution in [2.24, 2.45) is 0 Å². The molecule has 0 amide bonds. The Bertz CT molecular complexity index is 466. The average molecular weight is 341 g/mol. The molecule has 0 aromatic heterocycles. The van der Waals surface area contributed by atoms with E-state index in [1.54, 1.807) is 7.11 Å². The van der Waals surface area contributed by atoms with E-state index in [1.807, 2.05) is 6.07 Å². The maximum Gasteiger partial charge on any atom is 0.121 e. The van der Waals surface area contributed by atoms with Gasteiger partial charge in [0, 0.05) is 35.2 Å². The van der Waals surface area contributed by atoms with Gasteiger partial charge in [0.2, 0.25) is 0 Å². The smallest absolute Gasteiger partial charge is 0.121 e. The minimum absolute atomic E-state index is 0.175. The summed E-state index contributed by atoms with van der Waals surface area (Å²) in [5.41, 5.74) is 1.41. The minimum Gasteiger partial charge on any atom is -0.497 e. The van der Waals surface area contributed by atoms with Crippen molar-refractivity contribution in [2.75, 3.05) is 25.1 Å². The largest absolute Gasteiger partial charge is 0.497 e. The van der Waals surface area contributed by atoms with Crippen molar-refractivity contribution in [3.8, 4) is 5.75 Å². The van der Waals surface area contributed by atoms with Crippen LogP contribution in [0.1, 0.15) is 33.6 Å². The fourth-order valence-electron chi connectivity index (χ4n) is 2.76. The van der Waals surface area contributed by atoms with E-state index in [-0.39, 0.29) is 5.54 Å². The van der Waals surface area contributed by atoms with Crippen LogP contribution in [-0.4, -0.2) is 31.8 Å². The van der Waals surface area contributed by atoms with E-state index in [0.717, 1.165) is 36.2 Å². The molecule has 0 aliphatic carbocycles. The molecular weight excluding hydrogens is 316 g/mol. The van der Waals surface area contributed by atoms with Crippen LogP contribution in [0.4, 0.5) is 5.69 Å². The van der Waals surface area contributed by atoms with Gasteiger partial charge in [0.1, 0.15) is 5.75 Å². The lowest BCUT2D eigenvalue weighted by atomic mass is 9.92. The van der Waals surface area contributed by atoms with Gasteiger partial charge in [-0.2, -0.15) is 0 Å². The second-order valence-corrected chi connectivity index (χ2v) is 6.66. The second kappa shape index (κ2) is 6.35. The van der Waals surface area contributed by atoms with Crippen molar-refractivity contribution < 1.29 is 4.74 Å². The van der Waals surface area contributed by atoms with Crippen LogP contribution in [0.5, 0.6) is 5.75 Å². The van der Waals surface area contributed by atoms with Crippen molar-refractivity contribution in [1.29, 1.82) is 0 Å². The Kier molecular flexibility index (Phi) is 4.97. The van der Waals surface area contributed by atoms with Crippen molar-refractivity contribution in [3.05, 3.63) is 22.7 Å². The Hall–Kier alpha value is -0.740.